The number of aryl methyl sites for hydroxylation is 1. The fourth-order valence-corrected chi connectivity index (χ4v) is 3.54. The molecule has 2 amide bonds. The summed E-state index contributed by atoms with van der Waals surface area (Å²) in [6.45, 7) is 4.21. The van der Waals surface area contributed by atoms with Crippen LogP contribution in [0.5, 0.6) is 5.75 Å². The molecule has 0 fully saturated rings. The van der Waals surface area contributed by atoms with Gasteiger partial charge in [0, 0.05) is 17.6 Å². The number of ether oxygens (including phenoxy) is 1. The van der Waals surface area contributed by atoms with E-state index in [2.05, 4.69) is 22.7 Å². The standard InChI is InChI=1S/C23H24N4O4/c1-3-4-7-12-27-23(30)17-9-6-5-8-16(17)20(26-27)22(29)24-15-10-11-19-18(13-15)25-21(28)14(2)31-19/h5-6,8-11,13-14H,3-4,7,12H2,1-2H3,(H,24,29)(H,25,28)/t14-/m1/s1. The number of anilines is 2. The maximum absolute atomic E-state index is 13.1. The second-order valence-corrected chi connectivity index (χ2v) is 7.54. The Kier molecular flexibility index (Phi) is 5.70. The number of benzene rings is 2. The van der Waals surface area contributed by atoms with Gasteiger partial charge < -0.3 is 15.4 Å². The summed E-state index contributed by atoms with van der Waals surface area (Å²) in [6.07, 6.45) is 2.24. The number of nitrogens with zero attached hydrogens (tertiary/aromatic N) is 2. The zero-order valence-corrected chi connectivity index (χ0v) is 17.5. The Morgan fingerprint density at radius 2 is 1.94 bits per heavy atom. The first kappa shape index (κ1) is 20.6. The summed E-state index contributed by atoms with van der Waals surface area (Å²) >= 11 is 0. The van der Waals surface area contributed by atoms with E-state index in [1.807, 2.05) is 0 Å². The van der Waals surface area contributed by atoms with Gasteiger partial charge in [0.2, 0.25) is 0 Å². The lowest BCUT2D eigenvalue weighted by Gasteiger charge is -2.23. The van der Waals surface area contributed by atoms with E-state index in [1.54, 1.807) is 49.4 Å². The van der Waals surface area contributed by atoms with Crippen LogP contribution < -0.4 is 20.9 Å². The smallest absolute Gasteiger partial charge is 0.276 e. The van der Waals surface area contributed by atoms with Crippen molar-refractivity contribution in [1.29, 1.82) is 0 Å². The minimum atomic E-state index is -0.572. The lowest BCUT2D eigenvalue weighted by atomic mass is 10.1. The van der Waals surface area contributed by atoms with Crippen LogP contribution in [0.4, 0.5) is 11.4 Å². The van der Waals surface area contributed by atoms with E-state index in [1.165, 1.54) is 4.68 Å². The largest absolute Gasteiger partial charge is 0.479 e. The molecular formula is C23H24N4O4. The number of hydrogen-bond acceptors (Lipinski definition) is 5. The van der Waals surface area contributed by atoms with E-state index in [9.17, 15) is 14.4 Å². The van der Waals surface area contributed by atoms with Gasteiger partial charge in [-0.2, -0.15) is 5.10 Å². The molecule has 3 aromatic rings. The highest BCUT2D eigenvalue weighted by atomic mass is 16.5. The Morgan fingerprint density at radius 1 is 1.16 bits per heavy atom. The third-order valence-electron chi connectivity index (χ3n) is 5.22. The van der Waals surface area contributed by atoms with Gasteiger partial charge in [0.1, 0.15) is 5.75 Å². The first-order valence-corrected chi connectivity index (χ1v) is 10.4. The maximum atomic E-state index is 13.1. The Bertz CT molecular complexity index is 1220. The molecule has 0 spiro atoms. The average Bonchev–Trinajstić information content (AvgIpc) is 2.76. The number of nitrogens with one attached hydrogen (secondary N) is 2. The van der Waals surface area contributed by atoms with E-state index < -0.39 is 12.0 Å². The number of aromatic nitrogens is 2. The van der Waals surface area contributed by atoms with Gasteiger partial charge >= 0.3 is 0 Å². The number of carbonyl (C=O) groups excluding carboxylic acids is 2. The van der Waals surface area contributed by atoms with Crippen molar-refractivity contribution in [2.45, 2.75) is 45.8 Å². The Balaban J connectivity index is 1.66. The summed E-state index contributed by atoms with van der Waals surface area (Å²) in [6, 6.07) is 12.0. The van der Waals surface area contributed by atoms with Gasteiger partial charge in [-0.3, -0.25) is 14.4 Å². The van der Waals surface area contributed by atoms with E-state index in [0.717, 1.165) is 19.3 Å². The Morgan fingerprint density at radius 3 is 2.71 bits per heavy atom. The molecule has 8 nitrogen and oxygen atoms in total. The molecule has 160 valence electrons. The molecule has 1 aliphatic rings. The van der Waals surface area contributed by atoms with Gasteiger partial charge in [0.15, 0.2) is 11.8 Å². The summed E-state index contributed by atoms with van der Waals surface area (Å²) in [5.74, 6) is -0.141. The number of carbonyl (C=O) groups is 2. The zero-order valence-electron chi connectivity index (χ0n) is 17.5. The molecule has 1 atom stereocenters. The fraction of sp³-hybridized carbons (Fsp3) is 0.304. The van der Waals surface area contributed by atoms with Gasteiger partial charge in [0.05, 0.1) is 11.1 Å². The lowest BCUT2D eigenvalue weighted by molar-refractivity contribution is -0.122. The van der Waals surface area contributed by atoms with Crippen LogP contribution in [-0.4, -0.2) is 27.7 Å². The van der Waals surface area contributed by atoms with E-state index in [0.29, 0.717) is 34.4 Å². The predicted molar refractivity (Wildman–Crippen MR) is 119 cm³/mol. The number of amides is 2. The van der Waals surface area contributed by atoms with Crippen LogP contribution >= 0.6 is 0 Å². The van der Waals surface area contributed by atoms with E-state index >= 15 is 0 Å². The molecule has 2 aromatic carbocycles. The van der Waals surface area contributed by atoms with Crippen molar-refractivity contribution in [1.82, 2.24) is 9.78 Å². The van der Waals surface area contributed by atoms with Crippen LogP contribution in [0.1, 0.15) is 43.6 Å². The summed E-state index contributed by atoms with van der Waals surface area (Å²) < 4.78 is 6.92. The minimum absolute atomic E-state index is 0.179. The monoisotopic (exact) mass is 420 g/mol. The van der Waals surface area contributed by atoms with Crippen LogP contribution in [0, 0.1) is 0 Å². The van der Waals surface area contributed by atoms with E-state index in [4.69, 9.17) is 4.74 Å². The third kappa shape index (κ3) is 4.14. The molecule has 1 aliphatic heterocycles. The second-order valence-electron chi connectivity index (χ2n) is 7.54. The van der Waals surface area contributed by atoms with Crippen LogP contribution in [0.15, 0.2) is 47.3 Å². The topological polar surface area (TPSA) is 102 Å². The third-order valence-corrected chi connectivity index (χ3v) is 5.22. The molecule has 1 aromatic heterocycles. The van der Waals surface area contributed by atoms with Gasteiger partial charge in [0.25, 0.3) is 17.4 Å². The lowest BCUT2D eigenvalue weighted by Crippen LogP contribution is -2.34. The van der Waals surface area contributed by atoms with Crippen molar-refractivity contribution < 1.29 is 14.3 Å². The molecular weight excluding hydrogens is 396 g/mol. The van der Waals surface area contributed by atoms with Crippen molar-refractivity contribution in [3.63, 3.8) is 0 Å². The van der Waals surface area contributed by atoms with Gasteiger partial charge in [-0.25, -0.2) is 4.68 Å². The quantitative estimate of drug-likeness (QED) is 0.594. The van der Waals surface area contributed by atoms with Crippen LogP contribution in [0.25, 0.3) is 10.8 Å². The molecule has 0 radical (unpaired) electrons. The van der Waals surface area contributed by atoms with Gasteiger partial charge in [-0.1, -0.05) is 38.0 Å². The van der Waals surface area contributed by atoms with Crippen molar-refractivity contribution in [2.24, 2.45) is 0 Å². The van der Waals surface area contributed by atoms with Crippen molar-refractivity contribution in [2.75, 3.05) is 10.6 Å². The maximum Gasteiger partial charge on any atom is 0.276 e. The molecule has 0 saturated carbocycles. The molecule has 2 heterocycles. The van der Waals surface area contributed by atoms with Crippen LogP contribution in [0.3, 0.4) is 0 Å². The molecule has 0 aliphatic carbocycles. The average molecular weight is 420 g/mol. The summed E-state index contributed by atoms with van der Waals surface area (Å²) in [5, 5.41) is 10.9. The minimum Gasteiger partial charge on any atom is -0.479 e. The van der Waals surface area contributed by atoms with Gasteiger partial charge in [-0.15, -0.1) is 0 Å². The summed E-state index contributed by atoms with van der Waals surface area (Å²) in [5.41, 5.74) is 0.949. The zero-order chi connectivity index (χ0) is 22.0. The number of hydrogen-bond donors (Lipinski definition) is 2. The predicted octanol–water partition coefficient (Wildman–Crippen LogP) is 3.56. The molecule has 31 heavy (non-hydrogen) atoms. The number of rotatable bonds is 6. The summed E-state index contributed by atoms with van der Waals surface area (Å²) in [4.78, 5) is 37.8. The molecule has 4 rings (SSSR count). The first-order chi connectivity index (χ1) is 15.0. The Labute approximate surface area is 179 Å². The molecule has 2 N–H and O–H groups in total. The second kappa shape index (κ2) is 8.59. The molecule has 0 bridgehead atoms. The fourth-order valence-electron chi connectivity index (χ4n) is 3.54. The van der Waals surface area contributed by atoms with Gasteiger partial charge in [-0.05, 0) is 37.6 Å². The normalized spacial score (nSPS) is 15.2. The number of fused-ring (bicyclic) bond motifs is 2. The highest BCUT2D eigenvalue weighted by Crippen LogP contribution is 2.32. The van der Waals surface area contributed by atoms with Crippen molar-refractivity contribution in [3.05, 3.63) is 58.5 Å². The molecule has 8 heteroatoms. The molecule has 0 unspecified atom stereocenters. The van der Waals surface area contributed by atoms with Crippen LogP contribution in [0.2, 0.25) is 0 Å². The molecule has 0 saturated heterocycles. The summed E-state index contributed by atoms with van der Waals surface area (Å²) in [7, 11) is 0. The highest BCUT2D eigenvalue weighted by molar-refractivity contribution is 6.11. The highest BCUT2D eigenvalue weighted by Gasteiger charge is 2.24. The Hall–Kier alpha value is -3.68. The number of unbranched alkanes of at least 4 members (excludes halogenated alkanes) is 2. The van der Waals surface area contributed by atoms with E-state index in [-0.39, 0.29) is 17.2 Å². The van der Waals surface area contributed by atoms with Crippen molar-refractivity contribution in [3.8, 4) is 5.75 Å². The first-order valence-electron chi connectivity index (χ1n) is 10.4. The SMILES string of the molecule is CCCCCn1nc(C(=O)Nc2ccc3c(c2)NC(=O)[C@@H](C)O3)c2ccccc2c1=O. The van der Waals surface area contributed by atoms with Crippen LogP contribution in [-0.2, 0) is 11.3 Å². The van der Waals surface area contributed by atoms with Crippen molar-refractivity contribution >= 4 is 34.0 Å².